The molecule has 0 radical (unpaired) electrons. The van der Waals surface area contributed by atoms with Gasteiger partial charge in [-0.3, -0.25) is 4.90 Å². The first-order chi connectivity index (χ1) is 8.77. The standard InChI is InChI=1S/C14H23NO3/c1-13-5-3-4-6-14(13)18-12-9-15(7-10-16)8-11-17-2/h3-6,16H,7-12H2,1-2H3. The second kappa shape index (κ2) is 8.91. The quantitative estimate of drug-likeness (QED) is 0.720. The first-order valence-corrected chi connectivity index (χ1v) is 6.28. The number of hydrogen-bond donors (Lipinski definition) is 1. The predicted octanol–water partition coefficient (Wildman–Crippen LogP) is 1.31. The van der Waals surface area contributed by atoms with Crippen molar-refractivity contribution in [3.63, 3.8) is 0 Å². The Morgan fingerprint density at radius 1 is 1.11 bits per heavy atom. The molecule has 0 atom stereocenters. The molecule has 4 heteroatoms. The maximum absolute atomic E-state index is 8.97. The fraction of sp³-hybridized carbons (Fsp3) is 0.571. The SMILES string of the molecule is COCCN(CCO)CCOc1ccccc1C. The molecular weight excluding hydrogens is 230 g/mol. The third-order valence-corrected chi connectivity index (χ3v) is 2.79. The number of ether oxygens (including phenoxy) is 2. The van der Waals surface area contributed by atoms with Gasteiger partial charge in [-0.1, -0.05) is 18.2 Å². The van der Waals surface area contributed by atoms with Gasteiger partial charge in [-0.25, -0.2) is 0 Å². The summed E-state index contributed by atoms with van der Waals surface area (Å²) in [6.07, 6.45) is 0. The molecule has 0 amide bonds. The van der Waals surface area contributed by atoms with Gasteiger partial charge < -0.3 is 14.6 Å². The monoisotopic (exact) mass is 253 g/mol. The van der Waals surface area contributed by atoms with Crippen LogP contribution in [0.5, 0.6) is 5.75 Å². The van der Waals surface area contributed by atoms with Crippen molar-refractivity contribution in [2.75, 3.05) is 46.6 Å². The van der Waals surface area contributed by atoms with Gasteiger partial charge in [-0.15, -0.1) is 0 Å². The highest BCUT2D eigenvalue weighted by molar-refractivity contribution is 5.31. The number of nitrogens with zero attached hydrogens (tertiary/aromatic N) is 1. The Morgan fingerprint density at radius 3 is 2.50 bits per heavy atom. The van der Waals surface area contributed by atoms with Crippen LogP contribution in [-0.2, 0) is 4.74 Å². The Labute approximate surface area is 109 Å². The molecular formula is C14H23NO3. The molecule has 0 unspecified atom stereocenters. The second-order valence-electron chi connectivity index (χ2n) is 4.17. The van der Waals surface area contributed by atoms with E-state index < -0.39 is 0 Å². The van der Waals surface area contributed by atoms with Crippen LogP contribution in [0.1, 0.15) is 5.56 Å². The molecule has 0 fully saturated rings. The summed E-state index contributed by atoms with van der Waals surface area (Å²) >= 11 is 0. The van der Waals surface area contributed by atoms with Crippen LogP contribution < -0.4 is 4.74 Å². The Kier molecular flexibility index (Phi) is 7.41. The van der Waals surface area contributed by atoms with Gasteiger partial charge in [-0.05, 0) is 18.6 Å². The lowest BCUT2D eigenvalue weighted by Gasteiger charge is -2.21. The largest absolute Gasteiger partial charge is 0.492 e. The van der Waals surface area contributed by atoms with Crippen molar-refractivity contribution in [3.8, 4) is 5.75 Å². The van der Waals surface area contributed by atoms with Crippen LogP contribution >= 0.6 is 0 Å². The minimum Gasteiger partial charge on any atom is -0.492 e. The Bertz CT molecular complexity index is 331. The highest BCUT2D eigenvalue weighted by atomic mass is 16.5. The highest BCUT2D eigenvalue weighted by Gasteiger charge is 2.04. The number of benzene rings is 1. The number of aliphatic hydroxyl groups excluding tert-OH is 1. The Hall–Kier alpha value is -1.10. The average Bonchev–Trinajstić information content (AvgIpc) is 2.38. The summed E-state index contributed by atoms with van der Waals surface area (Å²) in [5.41, 5.74) is 1.14. The number of aliphatic hydroxyl groups is 1. The number of para-hydroxylation sites is 1. The molecule has 1 aromatic rings. The summed E-state index contributed by atoms with van der Waals surface area (Å²) < 4.78 is 10.8. The van der Waals surface area contributed by atoms with Crippen molar-refractivity contribution in [2.45, 2.75) is 6.92 Å². The fourth-order valence-electron chi connectivity index (χ4n) is 1.70. The van der Waals surface area contributed by atoms with Crippen LogP contribution in [0, 0.1) is 6.92 Å². The van der Waals surface area contributed by atoms with Crippen LogP contribution in [0.4, 0.5) is 0 Å². The van der Waals surface area contributed by atoms with E-state index in [9.17, 15) is 0 Å². The van der Waals surface area contributed by atoms with Crippen LogP contribution in [0.2, 0.25) is 0 Å². The molecule has 0 heterocycles. The first kappa shape index (κ1) is 15.0. The van der Waals surface area contributed by atoms with E-state index in [-0.39, 0.29) is 6.61 Å². The van der Waals surface area contributed by atoms with Crippen LogP contribution in [0.15, 0.2) is 24.3 Å². The van der Waals surface area contributed by atoms with Gasteiger partial charge in [0, 0.05) is 26.7 Å². The molecule has 1 N–H and O–H groups in total. The smallest absolute Gasteiger partial charge is 0.122 e. The van der Waals surface area contributed by atoms with Crippen molar-refractivity contribution >= 4 is 0 Å². The van der Waals surface area contributed by atoms with E-state index in [1.807, 2.05) is 31.2 Å². The van der Waals surface area contributed by atoms with Gasteiger partial charge >= 0.3 is 0 Å². The molecule has 0 saturated heterocycles. The molecule has 1 aromatic carbocycles. The highest BCUT2D eigenvalue weighted by Crippen LogP contribution is 2.15. The topological polar surface area (TPSA) is 41.9 Å². The van der Waals surface area contributed by atoms with Gasteiger partial charge in [0.05, 0.1) is 13.2 Å². The summed E-state index contributed by atoms with van der Waals surface area (Å²) in [6.45, 7) is 5.74. The van der Waals surface area contributed by atoms with Crippen LogP contribution in [-0.4, -0.2) is 56.6 Å². The molecule has 0 aliphatic carbocycles. The summed E-state index contributed by atoms with van der Waals surface area (Å²) in [6, 6.07) is 7.98. The fourth-order valence-corrected chi connectivity index (χ4v) is 1.70. The Balaban J connectivity index is 2.31. The average molecular weight is 253 g/mol. The van der Waals surface area contributed by atoms with Gasteiger partial charge in [0.15, 0.2) is 0 Å². The van der Waals surface area contributed by atoms with Crippen molar-refractivity contribution in [1.29, 1.82) is 0 Å². The van der Waals surface area contributed by atoms with E-state index in [0.717, 1.165) is 24.4 Å². The lowest BCUT2D eigenvalue weighted by Crippen LogP contribution is -2.33. The van der Waals surface area contributed by atoms with Crippen LogP contribution in [0.3, 0.4) is 0 Å². The molecule has 0 aliphatic heterocycles. The minimum absolute atomic E-state index is 0.161. The molecule has 0 aliphatic rings. The molecule has 0 spiro atoms. The van der Waals surface area contributed by atoms with E-state index in [0.29, 0.717) is 19.8 Å². The first-order valence-electron chi connectivity index (χ1n) is 6.28. The molecule has 102 valence electrons. The summed E-state index contributed by atoms with van der Waals surface area (Å²) in [5, 5.41) is 8.97. The van der Waals surface area contributed by atoms with Crippen LogP contribution in [0.25, 0.3) is 0 Å². The van der Waals surface area contributed by atoms with Gasteiger partial charge in [0.2, 0.25) is 0 Å². The Morgan fingerprint density at radius 2 is 1.83 bits per heavy atom. The zero-order chi connectivity index (χ0) is 13.2. The van der Waals surface area contributed by atoms with E-state index in [1.54, 1.807) is 7.11 Å². The third-order valence-electron chi connectivity index (χ3n) is 2.79. The maximum Gasteiger partial charge on any atom is 0.122 e. The summed E-state index contributed by atoms with van der Waals surface area (Å²) in [4.78, 5) is 2.13. The molecule has 18 heavy (non-hydrogen) atoms. The normalized spacial score (nSPS) is 10.9. The second-order valence-corrected chi connectivity index (χ2v) is 4.17. The third kappa shape index (κ3) is 5.49. The van der Waals surface area contributed by atoms with Crippen molar-refractivity contribution in [3.05, 3.63) is 29.8 Å². The summed E-state index contributed by atoms with van der Waals surface area (Å²) in [5.74, 6) is 0.924. The number of aryl methyl sites for hydroxylation is 1. The number of rotatable bonds is 9. The maximum atomic E-state index is 8.97. The van der Waals surface area contributed by atoms with Crippen molar-refractivity contribution in [1.82, 2.24) is 4.90 Å². The van der Waals surface area contributed by atoms with E-state index >= 15 is 0 Å². The zero-order valence-corrected chi connectivity index (χ0v) is 11.3. The summed E-state index contributed by atoms with van der Waals surface area (Å²) in [7, 11) is 1.68. The molecule has 0 bridgehead atoms. The van der Waals surface area contributed by atoms with Gasteiger partial charge in [0.1, 0.15) is 12.4 Å². The van der Waals surface area contributed by atoms with E-state index in [1.165, 1.54) is 0 Å². The zero-order valence-electron chi connectivity index (χ0n) is 11.3. The molecule has 0 aromatic heterocycles. The van der Waals surface area contributed by atoms with Gasteiger partial charge in [-0.2, -0.15) is 0 Å². The lowest BCUT2D eigenvalue weighted by atomic mass is 10.2. The number of hydrogen-bond acceptors (Lipinski definition) is 4. The molecule has 0 saturated carbocycles. The van der Waals surface area contributed by atoms with Gasteiger partial charge in [0.25, 0.3) is 0 Å². The van der Waals surface area contributed by atoms with E-state index in [4.69, 9.17) is 14.6 Å². The predicted molar refractivity (Wildman–Crippen MR) is 72.1 cm³/mol. The van der Waals surface area contributed by atoms with E-state index in [2.05, 4.69) is 4.90 Å². The molecule has 4 nitrogen and oxygen atoms in total. The lowest BCUT2D eigenvalue weighted by molar-refractivity contribution is 0.118. The molecule has 1 rings (SSSR count). The number of methoxy groups -OCH3 is 1. The van der Waals surface area contributed by atoms with Crippen molar-refractivity contribution in [2.24, 2.45) is 0 Å². The van der Waals surface area contributed by atoms with Crippen molar-refractivity contribution < 1.29 is 14.6 Å². The minimum atomic E-state index is 0.161.